The molecule has 5 amide bonds. The van der Waals surface area contributed by atoms with Crippen LogP contribution < -0.4 is 21.3 Å². The van der Waals surface area contributed by atoms with E-state index in [2.05, 4.69) is 34.8 Å². The molecular weight excluding hydrogens is 620 g/mol. The van der Waals surface area contributed by atoms with Gasteiger partial charge in [0.05, 0.1) is 17.0 Å². The average Bonchev–Trinajstić information content (AvgIpc) is 3.53. The zero-order valence-corrected chi connectivity index (χ0v) is 31.1. The number of likely N-dealkylation sites (N-methyl/N-ethyl adjacent to an activating group) is 1. The van der Waals surface area contributed by atoms with Crippen molar-refractivity contribution in [3.8, 4) is 0 Å². The number of rotatable bonds is 15. The van der Waals surface area contributed by atoms with E-state index in [0.29, 0.717) is 31.8 Å². The molecular formula is C34H60N6O6S. The molecule has 1 aliphatic carbocycles. The standard InChI is InChI=1S/C34H60N6O6S/c1-12-14-15-24(27(41)30(43)35-18-13-2)36-29(42)26-22-17-16-21(3)23(22)19-40(26)31(44)28(34(7,8)9)38-32(45)37-25(33(4,5)6)20-39(10)47(11)46/h13,21-26,28H,2,12,14-20H2,1,3-11H3,(H,35,43)(H,36,42)(H2,37,38,45)/t21?,22-,23+,24?,25+,26-,28+,47?/m0/s1. The fourth-order valence-electron chi connectivity index (χ4n) is 6.54. The molecule has 0 radical (unpaired) electrons. The van der Waals surface area contributed by atoms with Gasteiger partial charge in [0.1, 0.15) is 12.1 Å². The van der Waals surface area contributed by atoms with Crippen molar-refractivity contribution in [1.29, 1.82) is 0 Å². The first-order valence-corrected chi connectivity index (χ1v) is 18.4. The number of urea groups is 1. The number of likely N-dealkylation sites (tertiary alicyclic amines) is 1. The summed E-state index contributed by atoms with van der Waals surface area (Å²) in [4.78, 5) is 69.3. The number of ketones is 1. The third-order valence-electron chi connectivity index (χ3n) is 9.66. The van der Waals surface area contributed by atoms with E-state index in [1.807, 2.05) is 48.5 Å². The van der Waals surface area contributed by atoms with E-state index in [-0.39, 0.29) is 35.7 Å². The Morgan fingerprint density at radius 2 is 1.64 bits per heavy atom. The molecule has 2 aliphatic rings. The van der Waals surface area contributed by atoms with Crippen LogP contribution in [0.4, 0.5) is 4.79 Å². The molecule has 0 aromatic rings. The Balaban J connectivity index is 2.37. The highest BCUT2D eigenvalue weighted by atomic mass is 32.2. The summed E-state index contributed by atoms with van der Waals surface area (Å²) in [6.45, 7) is 20.0. The Bertz CT molecular complexity index is 1180. The first kappa shape index (κ1) is 40.4. The van der Waals surface area contributed by atoms with E-state index >= 15 is 0 Å². The molecule has 1 heterocycles. The predicted octanol–water partition coefficient (Wildman–Crippen LogP) is 2.76. The highest BCUT2D eigenvalue weighted by molar-refractivity contribution is 7.81. The van der Waals surface area contributed by atoms with E-state index in [1.165, 1.54) is 6.08 Å². The largest absolute Gasteiger partial charge is 0.346 e. The van der Waals surface area contributed by atoms with Crippen molar-refractivity contribution in [3.63, 3.8) is 0 Å². The fraction of sp³-hybridized carbons (Fsp3) is 0.794. The number of amides is 5. The molecule has 2 rings (SSSR count). The first-order chi connectivity index (χ1) is 21.7. The summed E-state index contributed by atoms with van der Waals surface area (Å²) in [5.41, 5.74) is -1.08. The minimum atomic E-state index is -1.23. The summed E-state index contributed by atoms with van der Waals surface area (Å²) >= 11 is 0. The average molecular weight is 681 g/mol. The number of carbonyl (C=O) groups is 5. The molecule has 1 aliphatic heterocycles. The third-order valence-corrected chi connectivity index (χ3v) is 10.7. The molecule has 12 nitrogen and oxygen atoms in total. The first-order valence-electron chi connectivity index (χ1n) is 16.9. The normalized spacial score (nSPS) is 23.7. The van der Waals surface area contributed by atoms with Gasteiger partial charge in [0.25, 0.3) is 5.91 Å². The van der Waals surface area contributed by atoms with Crippen LogP contribution in [0.2, 0.25) is 0 Å². The second kappa shape index (κ2) is 17.0. The van der Waals surface area contributed by atoms with Gasteiger partial charge < -0.3 is 26.2 Å². The molecule has 1 saturated heterocycles. The number of carbonyl (C=O) groups excluding carboxylic acids is 5. The Hall–Kier alpha value is -2.80. The number of hydrogen-bond donors (Lipinski definition) is 4. The molecule has 3 unspecified atom stereocenters. The predicted molar refractivity (Wildman–Crippen MR) is 185 cm³/mol. The molecule has 0 bridgehead atoms. The van der Waals surface area contributed by atoms with Crippen LogP contribution in [0.3, 0.4) is 0 Å². The minimum absolute atomic E-state index is 0.0977. The van der Waals surface area contributed by atoms with Gasteiger partial charge in [-0.25, -0.2) is 13.3 Å². The third kappa shape index (κ3) is 10.9. The molecule has 0 aromatic carbocycles. The second-order valence-electron chi connectivity index (χ2n) is 15.5. The zero-order chi connectivity index (χ0) is 35.9. The smallest absolute Gasteiger partial charge is 0.315 e. The minimum Gasteiger partial charge on any atom is -0.346 e. The number of hydrogen-bond acceptors (Lipinski definition) is 6. The fourth-order valence-corrected chi connectivity index (χ4v) is 6.89. The molecule has 13 heteroatoms. The van der Waals surface area contributed by atoms with Crippen molar-refractivity contribution >= 4 is 40.5 Å². The maximum Gasteiger partial charge on any atom is 0.315 e. The molecule has 1 saturated carbocycles. The topological polar surface area (TPSA) is 157 Å². The molecule has 47 heavy (non-hydrogen) atoms. The van der Waals surface area contributed by atoms with Crippen molar-refractivity contribution in [2.24, 2.45) is 28.6 Å². The lowest BCUT2D eigenvalue weighted by atomic mass is 9.85. The van der Waals surface area contributed by atoms with Crippen LogP contribution in [-0.4, -0.2) is 100 Å². The zero-order valence-electron chi connectivity index (χ0n) is 30.2. The lowest BCUT2D eigenvalue weighted by Gasteiger charge is -2.38. The van der Waals surface area contributed by atoms with Crippen LogP contribution in [0.1, 0.15) is 87.5 Å². The van der Waals surface area contributed by atoms with Crippen LogP contribution in [0.15, 0.2) is 12.7 Å². The van der Waals surface area contributed by atoms with E-state index in [4.69, 9.17) is 0 Å². The summed E-state index contributed by atoms with van der Waals surface area (Å²) in [5, 5.41) is 11.3. The SMILES string of the molecule is C=CCNC(=O)C(=O)C(CCCC)NC(=O)[C@@H]1[C@H]2CCC(C)[C@H]2CN1C(=O)[C@@H](NC(=O)N[C@H](CN(C)S(C)=O)C(C)(C)C)C(C)(C)C. The van der Waals surface area contributed by atoms with Gasteiger partial charge in [0, 0.05) is 31.9 Å². The Labute approximate surface area is 284 Å². The summed E-state index contributed by atoms with van der Waals surface area (Å²) in [6.07, 6.45) is 6.44. The van der Waals surface area contributed by atoms with Crippen LogP contribution in [0, 0.1) is 28.6 Å². The van der Waals surface area contributed by atoms with Gasteiger partial charge in [0.15, 0.2) is 0 Å². The lowest BCUT2D eigenvalue weighted by Crippen LogP contribution is -2.62. The number of nitrogens with one attached hydrogen (secondary N) is 4. The summed E-state index contributed by atoms with van der Waals surface area (Å²) < 4.78 is 13.7. The molecule has 0 aromatic heterocycles. The van der Waals surface area contributed by atoms with Crippen LogP contribution in [-0.2, 0) is 30.2 Å². The van der Waals surface area contributed by atoms with Crippen LogP contribution >= 0.6 is 0 Å². The van der Waals surface area contributed by atoms with Crippen molar-refractivity contribution < 1.29 is 28.2 Å². The van der Waals surface area contributed by atoms with E-state index in [0.717, 1.165) is 19.3 Å². The lowest BCUT2D eigenvalue weighted by molar-refractivity contribution is -0.144. The van der Waals surface area contributed by atoms with Gasteiger partial charge in [-0.3, -0.25) is 19.2 Å². The molecule has 4 N–H and O–H groups in total. The number of unbranched alkanes of at least 4 members (excludes halogenated alkanes) is 1. The number of Topliss-reactive ketones (excluding diaryl/α,β-unsaturated/α-hetero) is 1. The Morgan fingerprint density at radius 3 is 2.17 bits per heavy atom. The van der Waals surface area contributed by atoms with Crippen molar-refractivity contribution in [1.82, 2.24) is 30.5 Å². The molecule has 0 spiro atoms. The monoisotopic (exact) mass is 680 g/mol. The van der Waals surface area contributed by atoms with E-state index < -0.39 is 58.2 Å². The van der Waals surface area contributed by atoms with Crippen molar-refractivity contribution in [2.75, 3.05) is 32.9 Å². The van der Waals surface area contributed by atoms with E-state index in [1.54, 1.807) is 22.5 Å². The van der Waals surface area contributed by atoms with Gasteiger partial charge >= 0.3 is 6.03 Å². The highest BCUT2D eigenvalue weighted by Crippen LogP contribution is 2.46. The second-order valence-corrected chi connectivity index (χ2v) is 16.9. The molecule has 268 valence electrons. The van der Waals surface area contributed by atoms with Gasteiger partial charge in [-0.2, -0.15) is 0 Å². The van der Waals surface area contributed by atoms with E-state index in [9.17, 15) is 28.2 Å². The van der Waals surface area contributed by atoms with Gasteiger partial charge in [-0.05, 0) is 48.5 Å². The van der Waals surface area contributed by atoms with Gasteiger partial charge in [-0.1, -0.05) is 80.7 Å². The van der Waals surface area contributed by atoms with Crippen molar-refractivity contribution in [2.45, 2.75) is 112 Å². The Kier molecular flexibility index (Phi) is 14.6. The summed E-state index contributed by atoms with van der Waals surface area (Å²) in [5.74, 6) is -2.03. The number of nitrogens with zero attached hydrogens (tertiary/aromatic N) is 2. The van der Waals surface area contributed by atoms with Crippen LogP contribution in [0.5, 0.6) is 0 Å². The maximum absolute atomic E-state index is 14.5. The quantitative estimate of drug-likeness (QED) is 0.154. The Morgan fingerprint density at radius 1 is 1.00 bits per heavy atom. The van der Waals surface area contributed by atoms with Gasteiger partial charge in [-0.15, -0.1) is 6.58 Å². The van der Waals surface area contributed by atoms with Gasteiger partial charge in [0.2, 0.25) is 17.6 Å². The number of fused-ring (bicyclic) bond motifs is 1. The molecule has 8 atom stereocenters. The maximum atomic E-state index is 14.5. The van der Waals surface area contributed by atoms with Crippen molar-refractivity contribution in [3.05, 3.63) is 12.7 Å². The highest BCUT2D eigenvalue weighted by Gasteiger charge is 2.54. The summed E-state index contributed by atoms with van der Waals surface area (Å²) in [6, 6.07) is -3.73. The molecule has 2 fully saturated rings. The van der Waals surface area contributed by atoms with Crippen LogP contribution in [0.25, 0.3) is 0 Å². The summed E-state index contributed by atoms with van der Waals surface area (Å²) in [7, 11) is 0.496.